The topological polar surface area (TPSA) is 69.3 Å². The molecule has 5 unspecified atom stereocenters. The number of aliphatic hydroxyl groups is 1. The summed E-state index contributed by atoms with van der Waals surface area (Å²) in [6.45, 7) is 11.4. The van der Waals surface area contributed by atoms with E-state index in [-0.39, 0.29) is 24.0 Å². The van der Waals surface area contributed by atoms with E-state index in [9.17, 15) is 5.11 Å². The predicted molar refractivity (Wildman–Crippen MR) is 77.3 cm³/mol. The maximum absolute atomic E-state index is 10.4. The fraction of sp³-hybridized carbons (Fsp3) is 0.769. The highest BCUT2D eigenvalue weighted by Gasteiger charge is 2.37. The second-order valence-corrected chi connectivity index (χ2v) is 4.83. The van der Waals surface area contributed by atoms with Crippen molar-refractivity contribution >= 4 is 20.2 Å². The Morgan fingerprint density at radius 2 is 1.83 bits per heavy atom. The van der Waals surface area contributed by atoms with Crippen LogP contribution in [-0.2, 0) is 0 Å². The number of aliphatic hydroxyl groups excluding tert-OH is 1. The van der Waals surface area contributed by atoms with E-state index in [2.05, 4.69) is 40.4 Å². The van der Waals surface area contributed by atoms with E-state index in [0.29, 0.717) is 6.54 Å². The van der Waals surface area contributed by atoms with Crippen LogP contribution >= 0.6 is 0 Å². The summed E-state index contributed by atoms with van der Waals surface area (Å²) in [5.74, 6) is 0.239. The van der Waals surface area contributed by atoms with Gasteiger partial charge < -0.3 is 15.4 Å². The minimum absolute atomic E-state index is 0.0300. The van der Waals surface area contributed by atoms with Gasteiger partial charge in [-0.1, -0.05) is 6.42 Å². The van der Waals surface area contributed by atoms with E-state index in [1.54, 1.807) is 0 Å². The highest BCUT2D eigenvalue weighted by Crippen LogP contribution is 2.28. The van der Waals surface area contributed by atoms with Crippen molar-refractivity contribution in [3.8, 4) is 0 Å². The molecule has 0 aromatic heterocycles. The third-order valence-corrected chi connectivity index (χ3v) is 3.84. The first-order valence-corrected chi connectivity index (χ1v) is 6.39. The number of rotatable bonds is 5. The molecule has 0 amide bonds. The molecule has 2 N–H and O–H groups in total. The first-order valence-electron chi connectivity index (χ1n) is 6.39. The molecular weight excluding hydrogens is 228 g/mol. The first-order chi connectivity index (χ1) is 8.69. The van der Waals surface area contributed by atoms with E-state index < -0.39 is 6.10 Å². The SMILES string of the molecule is C=NCC1CCCC(NC)C(O)C(N=C)C1N=C. The molecule has 18 heavy (non-hydrogen) atoms. The number of hydrogen-bond donors (Lipinski definition) is 2. The van der Waals surface area contributed by atoms with Crippen molar-refractivity contribution < 1.29 is 5.11 Å². The van der Waals surface area contributed by atoms with Crippen LogP contribution in [0.3, 0.4) is 0 Å². The number of nitrogens with zero attached hydrogens (tertiary/aromatic N) is 3. The lowest BCUT2D eigenvalue weighted by Crippen LogP contribution is -2.51. The summed E-state index contributed by atoms with van der Waals surface area (Å²) in [5.41, 5.74) is 0. The number of hydrogen-bond acceptors (Lipinski definition) is 5. The molecule has 0 aromatic rings. The van der Waals surface area contributed by atoms with Gasteiger partial charge in [-0.15, -0.1) is 0 Å². The van der Waals surface area contributed by atoms with Crippen LogP contribution in [0.1, 0.15) is 19.3 Å². The minimum Gasteiger partial charge on any atom is -0.389 e. The molecule has 0 heterocycles. The van der Waals surface area contributed by atoms with Crippen LogP contribution in [-0.4, -0.2) is 63.1 Å². The molecule has 0 aliphatic heterocycles. The van der Waals surface area contributed by atoms with Crippen LogP contribution < -0.4 is 5.32 Å². The molecule has 1 saturated carbocycles. The largest absolute Gasteiger partial charge is 0.389 e. The molecule has 5 nitrogen and oxygen atoms in total. The maximum atomic E-state index is 10.4. The smallest absolute Gasteiger partial charge is 0.0992 e. The molecule has 0 spiro atoms. The van der Waals surface area contributed by atoms with Gasteiger partial charge in [-0.2, -0.15) is 0 Å². The molecule has 0 aromatic carbocycles. The van der Waals surface area contributed by atoms with E-state index >= 15 is 0 Å². The normalized spacial score (nSPS) is 37.3. The Morgan fingerprint density at radius 3 is 2.33 bits per heavy atom. The molecule has 5 heteroatoms. The fourth-order valence-corrected chi connectivity index (χ4v) is 2.81. The zero-order valence-corrected chi connectivity index (χ0v) is 11.1. The Kier molecular flexibility index (Phi) is 6.15. The van der Waals surface area contributed by atoms with Gasteiger partial charge >= 0.3 is 0 Å². The summed E-state index contributed by atoms with van der Waals surface area (Å²) in [4.78, 5) is 12.2. The molecule has 1 rings (SSSR count). The van der Waals surface area contributed by atoms with Gasteiger partial charge in [0.1, 0.15) is 0 Å². The van der Waals surface area contributed by atoms with Crippen LogP contribution in [0.15, 0.2) is 15.0 Å². The first kappa shape index (κ1) is 15.0. The Balaban J connectivity index is 2.95. The minimum atomic E-state index is -0.587. The Hall–Kier alpha value is -1.07. The second-order valence-electron chi connectivity index (χ2n) is 4.83. The monoisotopic (exact) mass is 252 g/mol. The molecule has 102 valence electrons. The number of aliphatic imine (C=N–C) groups is 3. The Morgan fingerprint density at radius 1 is 1.17 bits per heavy atom. The molecule has 5 atom stereocenters. The van der Waals surface area contributed by atoms with Crippen LogP contribution in [0.4, 0.5) is 0 Å². The van der Waals surface area contributed by atoms with Gasteiger partial charge in [0, 0.05) is 18.5 Å². The number of nitrogens with one attached hydrogen (secondary N) is 1. The second kappa shape index (κ2) is 7.38. The van der Waals surface area contributed by atoms with E-state index in [0.717, 1.165) is 19.3 Å². The average molecular weight is 252 g/mol. The summed E-state index contributed by atoms with van der Waals surface area (Å²) in [7, 11) is 1.86. The summed E-state index contributed by atoms with van der Waals surface area (Å²) in [6, 6.07) is -0.437. The van der Waals surface area contributed by atoms with E-state index in [1.807, 2.05) is 7.05 Å². The summed E-state index contributed by atoms with van der Waals surface area (Å²) in [6.07, 6.45) is 2.36. The Labute approximate surface area is 109 Å². The predicted octanol–water partition coefficient (Wildman–Crippen LogP) is 0.574. The lowest BCUT2D eigenvalue weighted by molar-refractivity contribution is 0.0721. The van der Waals surface area contributed by atoms with Crippen molar-refractivity contribution in [2.24, 2.45) is 20.9 Å². The molecule has 0 radical (unpaired) electrons. The van der Waals surface area contributed by atoms with Gasteiger partial charge in [0.05, 0.1) is 18.2 Å². The maximum Gasteiger partial charge on any atom is 0.0992 e. The molecule has 0 bridgehead atoms. The van der Waals surface area contributed by atoms with Gasteiger partial charge in [0.25, 0.3) is 0 Å². The van der Waals surface area contributed by atoms with Crippen molar-refractivity contribution in [1.29, 1.82) is 0 Å². The van der Waals surface area contributed by atoms with E-state index in [4.69, 9.17) is 0 Å². The van der Waals surface area contributed by atoms with Gasteiger partial charge in [-0.3, -0.25) is 9.98 Å². The van der Waals surface area contributed by atoms with Gasteiger partial charge in [0.15, 0.2) is 0 Å². The van der Waals surface area contributed by atoms with E-state index in [1.165, 1.54) is 0 Å². The fourth-order valence-electron chi connectivity index (χ4n) is 2.81. The lowest BCUT2D eigenvalue weighted by Gasteiger charge is -2.36. The van der Waals surface area contributed by atoms with Crippen LogP contribution in [0.5, 0.6) is 0 Å². The molecular formula is C13H24N4O. The number of likely N-dealkylation sites (N-methyl/N-ethyl adjacent to an activating group) is 1. The van der Waals surface area contributed by atoms with Crippen molar-refractivity contribution in [3.05, 3.63) is 0 Å². The summed E-state index contributed by atoms with van der Waals surface area (Å²) in [5, 5.41) is 13.5. The third kappa shape index (κ3) is 3.23. The molecule has 1 fully saturated rings. The summed E-state index contributed by atoms with van der Waals surface area (Å²) >= 11 is 0. The van der Waals surface area contributed by atoms with Gasteiger partial charge in [0.2, 0.25) is 0 Å². The highest BCUT2D eigenvalue weighted by molar-refractivity contribution is 5.29. The molecule has 0 saturated heterocycles. The van der Waals surface area contributed by atoms with Crippen molar-refractivity contribution in [3.63, 3.8) is 0 Å². The zero-order valence-electron chi connectivity index (χ0n) is 11.1. The van der Waals surface area contributed by atoms with Crippen molar-refractivity contribution in [2.45, 2.75) is 43.5 Å². The highest BCUT2D eigenvalue weighted by atomic mass is 16.3. The summed E-state index contributed by atoms with van der Waals surface area (Å²) < 4.78 is 0. The Bertz CT molecular complexity index is 295. The van der Waals surface area contributed by atoms with Gasteiger partial charge in [-0.25, -0.2) is 0 Å². The van der Waals surface area contributed by atoms with Crippen LogP contribution in [0, 0.1) is 5.92 Å². The zero-order chi connectivity index (χ0) is 13.5. The van der Waals surface area contributed by atoms with Gasteiger partial charge in [-0.05, 0) is 40.0 Å². The van der Waals surface area contributed by atoms with Crippen molar-refractivity contribution in [2.75, 3.05) is 13.6 Å². The molecule has 1 aliphatic carbocycles. The lowest BCUT2D eigenvalue weighted by atomic mass is 9.81. The average Bonchev–Trinajstić information content (AvgIpc) is 2.37. The van der Waals surface area contributed by atoms with Crippen LogP contribution in [0.25, 0.3) is 0 Å². The van der Waals surface area contributed by atoms with Crippen molar-refractivity contribution in [1.82, 2.24) is 5.32 Å². The van der Waals surface area contributed by atoms with Crippen LogP contribution in [0.2, 0.25) is 0 Å². The quantitative estimate of drug-likeness (QED) is 0.703. The molecule has 1 aliphatic rings. The third-order valence-electron chi connectivity index (χ3n) is 3.84. The standard InChI is InChI=1S/C13H24N4O/c1-14-8-9-6-5-7-10(15-2)13(18)12(17-4)11(9)16-3/h9-13,15,18H,1,3-8H2,2H3.